The lowest BCUT2D eigenvalue weighted by Crippen LogP contribution is -2.41. The van der Waals surface area contributed by atoms with Gasteiger partial charge in [-0.05, 0) is 37.1 Å². The largest absolute Gasteiger partial charge is 0.407 e. The number of carbonyl (C=O) groups excluding carboxylic acids is 1. The maximum atomic E-state index is 13.1. The van der Waals surface area contributed by atoms with Crippen LogP contribution >= 0.6 is 11.8 Å². The molecule has 1 aliphatic heterocycles. The normalized spacial score (nSPS) is 15.7. The fraction of sp³-hybridized carbons (Fsp3) is 0.318. The molecule has 0 saturated carbocycles. The van der Waals surface area contributed by atoms with Gasteiger partial charge < -0.3 is 4.42 Å². The number of hydrogen-bond acceptors (Lipinski definition) is 9. The summed E-state index contributed by atoms with van der Waals surface area (Å²) in [4.78, 5) is 13.2. The van der Waals surface area contributed by atoms with Crippen LogP contribution in [0.5, 0.6) is 0 Å². The van der Waals surface area contributed by atoms with Crippen molar-refractivity contribution in [3.05, 3.63) is 60.5 Å². The monoisotopic (exact) mass is 536 g/mol. The molecule has 0 radical (unpaired) electrons. The van der Waals surface area contributed by atoms with Crippen LogP contribution in [0.3, 0.4) is 0 Å². The van der Waals surface area contributed by atoms with Crippen molar-refractivity contribution in [1.82, 2.24) is 14.5 Å². The Kier molecular flexibility index (Phi) is 7.59. The summed E-state index contributed by atoms with van der Waals surface area (Å²) in [7, 11) is -7.76. The first kappa shape index (κ1) is 25.4. The minimum absolute atomic E-state index is 0.00390. The van der Waals surface area contributed by atoms with Crippen molar-refractivity contribution in [2.75, 3.05) is 24.7 Å². The number of rotatable bonds is 8. The average molecular weight is 537 g/mol. The van der Waals surface area contributed by atoms with E-state index in [4.69, 9.17) is 4.42 Å². The van der Waals surface area contributed by atoms with Crippen LogP contribution in [0.15, 0.2) is 73.7 Å². The van der Waals surface area contributed by atoms with Gasteiger partial charge in [0.1, 0.15) is 4.90 Å². The first-order valence-corrected chi connectivity index (χ1v) is 15.1. The Morgan fingerprint density at radius 2 is 1.63 bits per heavy atom. The van der Waals surface area contributed by atoms with Crippen molar-refractivity contribution in [3.63, 3.8) is 0 Å². The van der Waals surface area contributed by atoms with Crippen LogP contribution in [0.2, 0.25) is 0 Å². The summed E-state index contributed by atoms with van der Waals surface area (Å²) in [5.74, 6) is 0.0581. The molecule has 13 heteroatoms. The van der Waals surface area contributed by atoms with Crippen LogP contribution in [0.1, 0.15) is 18.7 Å². The standard InChI is InChI=1S/C22H24N4O6S3/c1-34(28,29)18-9-5-6-10-19(18)35(30,31)26-13-11-16(12-14-26)21(27)23-22-25-24-20(32-22)15-33-17-7-3-2-4-8-17/h2-10,16H,11-15H2,1H3,(H,23,25,27). The second kappa shape index (κ2) is 10.5. The van der Waals surface area contributed by atoms with E-state index in [2.05, 4.69) is 15.5 Å². The van der Waals surface area contributed by atoms with Gasteiger partial charge in [-0.1, -0.05) is 35.4 Å². The molecule has 1 N–H and O–H groups in total. The second-order valence-electron chi connectivity index (χ2n) is 7.99. The van der Waals surface area contributed by atoms with Crippen LogP contribution in [-0.4, -0.2) is 56.6 Å². The molecule has 1 amide bonds. The van der Waals surface area contributed by atoms with Crippen LogP contribution in [0.4, 0.5) is 6.01 Å². The topological polar surface area (TPSA) is 140 Å². The predicted molar refractivity (Wildman–Crippen MR) is 130 cm³/mol. The fourth-order valence-electron chi connectivity index (χ4n) is 3.70. The summed E-state index contributed by atoms with van der Waals surface area (Å²) in [6.07, 6.45) is 1.52. The van der Waals surface area contributed by atoms with Crippen LogP contribution in [-0.2, 0) is 30.4 Å². The molecular formula is C22H24N4O6S3. The lowest BCUT2D eigenvalue weighted by Gasteiger charge is -2.30. The summed E-state index contributed by atoms with van der Waals surface area (Å²) in [6.45, 7) is 0.169. The van der Waals surface area contributed by atoms with Crippen LogP contribution in [0, 0.1) is 5.92 Å². The average Bonchev–Trinajstić information content (AvgIpc) is 3.30. The molecule has 2 aromatic carbocycles. The van der Waals surface area contributed by atoms with Gasteiger partial charge in [0.05, 0.1) is 10.6 Å². The number of hydrogen-bond donors (Lipinski definition) is 1. The van der Waals surface area contributed by atoms with E-state index in [1.807, 2.05) is 30.3 Å². The Morgan fingerprint density at radius 3 is 2.29 bits per heavy atom. The van der Waals surface area contributed by atoms with E-state index < -0.39 is 25.8 Å². The van der Waals surface area contributed by atoms with Gasteiger partial charge in [0.25, 0.3) is 0 Å². The minimum atomic E-state index is -4.03. The molecule has 1 saturated heterocycles. The highest BCUT2D eigenvalue weighted by atomic mass is 32.2. The molecule has 0 spiro atoms. The highest BCUT2D eigenvalue weighted by Crippen LogP contribution is 2.29. The number of benzene rings is 2. The van der Waals surface area contributed by atoms with Crippen molar-refractivity contribution in [1.29, 1.82) is 0 Å². The molecule has 1 aromatic heterocycles. The Balaban J connectivity index is 1.34. The van der Waals surface area contributed by atoms with Crippen molar-refractivity contribution in [2.45, 2.75) is 33.3 Å². The molecule has 1 fully saturated rings. The van der Waals surface area contributed by atoms with Crippen LogP contribution in [0.25, 0.3) is 0 Å². The van der Waals surface area contributed by atoms with E-state index in [0.717, 1.165) is 11.2 Å². The van der Waals surface area contributed by atoms with E-state index in [0.29, 0.717) is 11.6 Å². The number of amides is 1. The molecule has 0 unspecified atom stereocenters. The zero-order valence-corrected chi connectivity index (χ0v) is 21.3. The summed E-state index contributed by atoms with van der Waals surface area (Å²) in [5.41, 5.74) is 0. The predicted octanol–water partition coefficient (Wildman–Crippen LogP) is 2.80. The SMILES string of the molecule is CS(=O)(=O)c1ccccc1S(=O)(=O)N1CCC(C(=O)Nc2nnc(CSc3ccccc3)o2)CC1. The minimum Gasteiger partial charge on any atom is -0.407 e. The van der Waals surface area contributed by atoms with Crippen molar-refractivity contribution >= 4 is 43.5 Å². The summed E-state index contributed by atoms with van der Waals surface area (Å²) >= 11 is 1.53. The van der Waals surface area contributed by atoms with E-state index >= 15 is 0 Å². The molecule has 10 nitrogen and oxygen atoms in total. The summed E-state index contributed by atoms with van der Waals surface area (Å²) < 4.78 is 57.1. The number of carbonyl (C=O) groups is 1. The number of thioether (sulfide) groups is 1. The molecule has 0 aliphatic carbocycles. The number of sulfonamides is 1. The van der Waals surface area contributed by atoms with Gasteiger partial charge in [0.2, 0.25) is 21.8 Å². The molecular weight excluding hydrogens is 512 g/mol. The molecule has 1 aliphatic rings. The summed E-state index contributed by atoms with van der Waals surface area (Å²) in [6, 6.07) is 15.3. The van der Waals surface area contributed by atoms with E-state index in [-0.39, 0.29) is 47.6 Å². The Hall–Kier alpha value is -2.74. The molecule has 0 bridgehead atoms. The quantitative estimate of drug-likeness (QED) is 0.430. The first-order valence-electron chi connectivity index (χ1n) is 10.7. The first-order chi connectivity index (χ1) is 16.6. The smallest absolute Gasteiger partial charge is 0.322 e. The van der Waals surface area contributed by atoms with Crippen LogP contribution < -0.4 is 5.32 Å². The number of nitrogens with one attached hydrogen (secondary N) is 1. The van der Waals surface area contributed by atoms with Gasteiger partial charge >= 0.3 is 6.01 Å². The van der Waals surface area contributed by atoms with Gasteiger partial charge in [-0.3, -0.25) is 10.1 Å². The maximum Gasteiger partial charge on any atom is 0.322 e. The van der Waals surface area contributed by atoms with Gasteiger partial charge in [-0.15, -0.1) is 16.9 Å². The number of sulfone groups is 1. The molecule has 186 valence electrons. The van der Waals surface area contributed by atoms with Gasteiger partial charge in [-0.25, -0.2) is 16.8 Å². The second-order valence-corrected chi connectivity index (χ2v) is 12.9. The van der Waals surface area contributed by atoms with E-state index in [9.17, 15) is 21.6 Å². The Morgan fingerprint density at radius 1 is 1.00 bits per heavy atom. The van der Waals surface area contributed by atoms with E-state index in [1.165, 1.54) is 40.3 Å². The van der Waals surface area contributed by atoms with Gasteiger partial charge in [-0.2, -0.15) is 4.31 Å². The molecule has 0 atom stereocenters. The fourth-order valence-corrected chi connectivity index (χ4v) is 7.53. The zero-order valence-electron chi connectivity index (χ0n) is 18.8. The Labute approximate surface area is 208 Å². The highest BCUT2D eigenvalue weighted by molar-refractivity contribution is 7.98. The van der Waals surface area contributed by atoms with E-state index in [1.54, 1.807) is 0 Å². The number of aromatic nitrogens is 2. The molecule has 3 aromatic rings. The third kappa shape index (κ3) is 6.10. The van der Waals surface area contributed by atoms with Crippen molar-refractivity contribution in [2.24, 2.45) is 5.92 Å². The van der Waals surface area contributed by atoms with Gasteiger partial charge in [0.15, 0.2) is 9.84 Å². The third-order valence-corrected chi connectivity index (χ3v) is 9.73. The lowest BCUT2D eigenvalue weighted by atomic mass is 9.97. The van der Waals surface area contributed by atoms with Crippen molar-refractivity contribution in [3.8, 4) is 0 Å². The molecule has 4 rings (SSSR count). The maximum absolute atomic E-state index is 13.1. The number of anilines is 1. The highest BCUT2D eigenvalue weighted by Gasteiger charge is 2.34. The zero-order chi connectivity index (χ0) is 25.1. The number of nitrogens with zero attached hydrogens (tertiary/aromatic N) is 3. The third-order valence-electron chi connectivity index (χ3n) is 5.49. The van der Waals surface area contributed by atoms with Crippen molar-refractivity contribution < 1.29 is 26.0 Å². The number of piperidine rings is 1. The molecule has 35 heavy (non-hydrogen) atoms. The Bertz CT molecular complexity index is 1400. The summed E-state index contributed by atoms with van der Waals surface area (Å²) in [5, 5.41) is 10.4. The van der Waals surface area contributed by atoms with Gasteiger partial charge in [0, 0.05) is 30.2 Å². The molecule has 2 heterocycles. The lowest BCUT2D eigenvalue weighted by molar-refractivity contribution is -0.121.